The maximum atomic E-state index is 13.8. The number of tetrazole rings is 1. The molecule has 0 fully saturated rings. The van der Waals surface area contributed by atoms with Crippen LogP contribution >= 0.6 is 15.9 Å². The molecule has 0 spiro atoms. The minimum Gasteiger partial charge on any atom is -0.330 e. The van der Waals surface area contributed by atoms with Crippen molar-refractivity contribution in [3.8, 4) is 11.4 Å². The van der Waals surface area contributed by atoms with Crippen LogP contribution in [0.1, 0.15) is 12.8 Å². The lowest BCUT2D eigenvalue weighted by Gasteiger charge is -2.05. The van der Waals surface area contributed by atoms with Crippen LogP contribution in [-0.4, -0.2) is 26.8 Å². The van der Waals surface area contributed by atoms with Gasteiger partial charge in [-0.1, -0.05) is 15.9 Å². The van der Waals surface area contributed by atoms with Gasteiger partial charge in [0, 0.05) is 11.0 Å². The lowest BCUT2D eigenvalue weighted by atomic mass is 10.2. The van der Waals surface area contributed by atoms with Gasteiger partial charge >= 0.3 is 0 Å². The molecule has 0 bridgehead atoms. The molecule has 0 amide bonds. The summed E-state index contributed by atoms with van der Waals surface area (Å²) in [7, 11) is 0. The van der Waals surface area contributed by atoms with Gasteiger partial charge in [-0.2, -0.15) is 0 Å². The molecule has 0 saturated heterocycles. The first-order valence-corrected chi connectivity index (χ1v) is 6.43. The van der Waals surface area contributed by atoms with E-state index in [2.05, 4.69) is 31.5 Å². The second-order valence-electron chi connectivity index (χ2n) is 3.85. The van der Waals surface area contributed by atoms with E-state index < -0.39 is 0 Å². The third kappa shape index (κ3) is 2.91. The van der Waals surface area contributed by atoms with Crippen LogP contribution in [0.5, 0.6) is 0 Å². The number of aromatic nitrogens is 4. The van der Waals surface area contributed by atoms with Crippen molar-refractivity contribution in [3.05, 3.63) is 28.5 Å². The van der Waals surface area contributed by atoms with Crippen LogP contribution in [0.15, 0.2) is 22.7 Å². The summed E-state index contributed by atoms with van der Waals surface area (Å²) in [6.07, 6.45) is 1.76. The van der Waals surface area contributed by atoms with Gasteiger partial charge in [0.1, 0.15) is 5.82 Å². The minimum absolute atomic E-state index is 0.348. The van der Waals surface area contributed by atoms with Crippen molar-refractivity contribution < 1.29 is 4.39 Å². The van der Waals surface area contributed by atoms with E-state index in [1.165, 1.54) is 6.07 Å². The van der Waals surface area contributed by atoms with E-state index in [1.807, 2.05) is 0 Å². The summed E-state index contributed by atoms with van der Waals surface area (Å²) in [5.41, 5.74) is 5.83. The molecule has 18 heavy (non-hydrogen) atoms. The molecule has 0 unspecified atom stereocenters. The second-order valence-corrected chi connectivity index (χ2v) is 4.76. The predicted molar refractivity (Wildman–Crippen MR) is 69.2 cm³/mol. The number of halogens is 2. The van der Waals surface area contributed by atoms with E-state index in [9.17, 15) is 4.39 Å². The average molecular weight is 314 g/mol. The highest BCUT2D eigenvalue weighted by atomic mass is 79.9. The predicted octanol–water partition coefficient (Wildman–Crippen LogP) is 1.98. The number of unbranched alkanes of at least 4 members (excludes halogenated alkanes) is 1. The van der Waals surface area contributed by atoms with Crippen LogP contribution < -0.4 is 5.73 Å². The van der Waals surface area contributed by atoms with E-state index in [0.29, 0.717) is 29.0 Å². The molecule has 0 aliphatic carbocycles. The van der Waals surface area contributed by atoms with Gasteiger partial charge in [0.15, 0.2) is 5.82 Å². The Bertz CT molecular complexity index is 528. The van der Waals surface area contributed by atoms with Crippen molar-refractivity contribution in [1.29, 1.82) is 0 Å². The van der Waals surface area contributed by atoms with E-state index in [1.54, 1.807) is 16.8 Å². The highest BCUT2D eigenvalue weighted by Crippen LogP contribution is 2.23. The summed E-state index contributed by atoms with van der Waals surface area (Å²) in [5.74, 6) is 0.0938. The lowest BCUT2D eigenvalue weighted by molar-refractivity contribution is 0.546. The SMILES string of the molecule is NCCCCn1nnnc1-c1ccc(Br)cc1F. The topological polar surface area (TPSA) is 69.6 Å². The largest absolute Gasteiger partial charge is 0.330 e. The molecule has 2 aromatic rings. The first-order valence-electron chi connectivity index (χ1n) is 5.64. The molecule has 1 aromatic carbocycles. The van der Waals surface area contributed by atoms with Crippen LogP contribution in [0.25, 0.3) is 11.4 Å². The molecule has 0 aliphatic rings. The molecule has 96 valence electrons. The molecular weight excluding hydrogens is 301 g/mol. The number of nitrogens with two attached hydrogens (primary N) is 1. The molecule has 0 atom stereocenters. The minimum atomic E-state index is -0.348. The fraction of sp³-hybridized carbons (Fsp3) is 0.364. The third-order valence-corrected chi connectivity index (χ3v) is 3.02. The van der Waals surface area contributed by atoms with Crippen LogP contribution in [-0.2, 0) is 6.54 Å². The van der Waals surface area contributed by atoms with E-state index in [4.69, 9.17) is 5.73 Å². The maximum absolute atomic E-state index is 13.8. The Labute approximate surface area is 112 Å². The van der Waals surface area contributed by atoms with Crippen LogP contribution in [0.4, 0.5) is 4.39 Å². The third-order valence-electron chi connectivity index (χ3n) is 2.53. The molecule has 1 heterocycles. The molecule has 0 saturated carbocycles. The number of benzene rings is 1. The quantitative estimate of drug-likeness (QED) is 0.857. The average Bonchev–Trinajstić information content (AvgIpc) is 2.78. The first-order chi connectivity index (χ1) is 8.72. The van der Waals surface area contributed by atoms with Crippen molar-refractivity contribution in [2.45, 2.75) is 19.4 Å². The van der Waals surface area contributed by atoms with Gasteiger partial charge in [-0.25, -0.2) is 9.07 Å². The number of nitrogens with zero attached hydrogens (tertiary/aromatic N) is 4. The van der Waals surface area contributed by atoms with Gasteiger partial charge in [0.25, 0.3) is 0 Å². The molecule has 1 aromatic heterocycles. The van der Waals surface area contributed by atoms with Gasteiger partial charge in [-0.15, -0.1) is 5.10 Å². The molecule has 0 aliphatic heterocycles. The van der Waals surface area contributed by atoms with Crippen LogP contribution in [0, 0.1) is 5.82 Å². The highest BCUT2D eigenvalue weighted by Gasteiger charge is 2.13. The summed E-state index contributed by atoms with van der Waals surface area (Å²) < 4.78 is 16.1. The van der Waals surface area contributed by atoms with Gasteiger partial charge < -0.3 is 5.73 Å². The van der Waals surface area contributed by atoms with E-state index in [0.717, 1.165) is 12.8 Å². The Morgan fingerprint density at radius 2 is 2.17 bits per heavy atom. The Morgan fingerprint density at radius 3 is 2.89 bits per heavy atom. The monoisotopic (exact) mass is 313 g/mol. The number of hydrogen-bond donors (Lipinski definition) is 1. The number of rotatable bonds is 5. The fourth-order valence-electron chi connectivity index (χ4n) is 1.62. The summed E-state index contributed by atoms with van der Waals surface area (Å²) in [6.45, 7) is 1.26. The van der Waals surface area contributed by atoms with Gasteiger partial charge in [-0.3, -0.25) is 0 Å². The Balaban J connectivity index is 2.25. The van der Waals surface area contributed by atoms with Crippen molar-refractivity contribution in [1.82, 2.24) is 20.2 Å². The van der Waals surface area contributed by atoms with Crippen LogP contribution in [0.2, 0.25) is 0 Å². The zero-order chi connectivity index (χ0) is 13.0. The van der Waals surface area contributed by atoms with Gasteiger partial charge in [-0.05, 0) is 48.0 Å². The lowest BCUT2D eigenvalue weighted by Crippen LogP contribution is -2.06. The summed E-state index contributed by atoms with van der Waals surface area (Å²) in [5, 5.41) is 11.3. The Morgan fingerprint density at radius 1 is 1.33 bits per heavy atom. The van der Waals surface area contributed by atoms with Crippen molar-refractivity contribution in [2.75, 3.05) is 6.54 Å². The summed E-state index contributed by atoms with van der Waals surface area (Å²) >= 11 is 3.22. The van der Waals surface area contributed by atoms with Crippen molar-refractivity contribution >= 4 is 15.9 Å². The van der Waals surface area contributed by atoms with E-state index >= 15 is 0 Å². The van der Waals surface area contributed by atoms with E-state index in [-0.39, 0.29) is 5.82 Å². The smallest absolute Gasteiger partial charge is 0.184 e. The Hall–Kier alpha value is -1.34. The van der Waals surface area contributed by atoms with Crippen LogP contribution in [0.3, 0.4) is 0 Å². The fourth-order valence-corrected chi connectivity index (χ4v) is 1.96. The molecule has 5 nitrogen and oxygen atoms in total. The second kappa shape index (κ2) is 6.01. The molecule has 0 radical (unpaired) electrons. The highest BCUT2D eigenvalue weighted by molar-refractivity contribution is 9.10. The molecule has 7 heteroatoms. The zero-order valence-corrected chi connectivity index (χ0v) is 11.3. The molecule has 2 N–H and O–H groups in total. The number of aryl methyl sites for hydroxylation is 1. The standard InChI is InChI=1S/C11H13BrFN5/c12-8-3-4-9(10(13)7-8)11-15-16-17-18(11)6-2-1-5-14/h3-4,7H,1-2,5-6,14H2. The normalized spacial score (nSPS) is 10.8. The first kappa shape index (κ1) is 13.1. The zero-order valence-electron chi connectivity index (χ0n) is 9.68. The van der Waals surface area contributed by atoms with Crippen molar-refractivity contribution in [2.24, 2.45) is 5.73 Å². The number of hydrogen-bond acceptors (Lipinski definition) is 4. The summed E-state index contributed by atoms with van der Waals surface area (Å²) in [4.78, 5) is 0. The van der Waals surface area contributed by atoms with Gasteiger partial charge in [0.2, 0.25) is 0 Å². The van der Waals surface area contributed by atoms with Gasteiger partial charge in [0.05, 0.1) is 5.56 Å². The Kier molecular flexibility index (Phi) is 4.38. The molecule has 2 rings (SSSR count). The maximum Gasteiger partial charge on any atom is 0.184 e. The molecular formula is C11H13BrFN5. The summed E-state index contributed by atoms with van der Waals surface area (Å²) in [6, 6.07) is 4.82. The van der Waals surface area contributed by atoms with Crippen molar-refractivity contribution in [3.63, 3.8) is 0 Å².